The number of benzene rings is 1. The zero-order valence-corrected chi connectivity index (χ0v) is 13.1. The topological polar surface area (TPSA) is 52.3 Å². The third-order valence-corrected chi connectivity index (χ3v) is 4.04. The van der Waals surface area contributed by atoms with Crippen molar-refractivity contribution in [3.8, 4) is 5.75 Å². The maximum absolute atomic E-state index is 13.8. The second kappa shape index (κ2) is 5.76. The van der Waals surface area contributed by atoms with Gasteiger partial charge in [-0.3, -0.25) is 4.79 Å². The summed E-state index contributed by atoms with van der Waals surface area (Å²) < 4.78 is 46.7. The molecule has 0 aliphatic heterocycles. The molecule has 23 heavy (non-hydrogen) atoms. The Hall–Kier alpha value is -2.24. The predicted molar refractivity (Wildman–Crippen MR) is 81.0 cm³/mol. The molecular formula is C17H18F3NO2. The Kier molecular flexibility index (Phi) is 4.28. The highest BCUT2D eigenvalue weighted by Crippen LogP contribution is 2.44. The van der Waals surface area contributed by atoms with Crippen LogP contribution < -0.4 is 10.5 Å². The fourth-order valence-corrected chi connectivity index (χ4v) is 2.58. The molecule has 6 heteroatoms. The fraction of sp³-hybridized carbons (Fsp3) is 0.353. The number of allylic oxidation sites excluding steroid dienone is 2. The molecule has 0 radical (unpaired) electrons. The van der Waals surface area contributed by atoms with Crippen LogP contribution in [0.15, 0.2) is 36.4 Å². The van der Waals surface area contributed by atoms with E-state index in [1.165, 1.54) is 12.2 Å². The van der Waals surface area contributed by atoms with Crippen LogP contribution in [0, 0.1) is 26.7 Å². The fourth-order valence-electron chi connectivity index (χ4n) is 2.58. The summed E-state index contributed by atoms with van der Waals surface area (Å²) in [6.07, 6.45) is -0.276. The SMILES string of the molecule is Cc1cc(C)c(OC2(C(F)(F)F)C=CC=CC2C(N)=O)cc1C. The minimum atomic E-state index is -4.81. The van der Waals surface area contributed by atoms with Gasteiger partial charge in [0, 0.05) is 0 Å². The van der Waals surface area contributed by atoms with Crippen LogP contribution in [0.3, 0.4) is 0 Å². The molecule has 124 valence electrons. The van der Waals surface area contributed by atoms with Crippen molar-refractivity contribution in [2.75, 3.05) is 0 Å². The van der Waals surface area contributed by atoms with Gasteiger partial charge < -0.3 is 10.5 Å². The minimum absolute atomic E-state index is 0.0802. The van der Waals surface area contributed by atoms with Gasteiger partial charge in [0.15, 0.2) is 0 Å². The van der Waals surface area contributed by atoms with Gasteiger partial charge in [-0.2, -0.15) is 13.2 Å². The summed E-state index contributed by atoms with van der Waals surface area (Å²) in [7, 11) is 0. The van der Waals surface area contributed by atoms with E-state index in [2.05, 4.69) is 0 Å². The number of hydrogen-bond acceptors (Lipinski definition) is 2. The Bertz CT molecular complexity index is 692. The molecule has 1 aromatic carbocycles. The lowest BCUT2D eigenvalue weighted by Crippen LogP contribution is -2.58. The van der Waals surface area contributed by atoms with E-state index in [0.717, 1.165) is 23.3 Å². The van der Waals surface area contributed by atoms with Gasteiger partial charge in [0.05, 0.1) is 0 Å². The molecule has 0 bridgehead atoms. The normalized spacial score (nSPS) is 23.8. The van der Waals surface area contributed by atoms with E-state index in [0.29, 0.717) is 5.56 Å². The zero-order chi connectivity index (χ0) is 17.4. The standard InChI is InChI=1S/C17H18F3NO2/c1-10-8-12(3)14(9-11(10)2)23-16(17(18,19)20)7-5-4-6-13(16)15(21)22/h4-9,13H,1-3H3,(H2,21,22). The van der Waals surface area contributed by atoms with Crippen LogP contribution in [0.25, 0.3) is 0 Å². The van der Waals surface area contributed by atoms with E-state index in [1.54, 1.807) is 26.0 Å². The summed E-state index contributed by atoms with van der Waals surface area (Å²) in [4.78, 5) is 11.6. The van der Waals surface area contributed by atoms with Crippen molar-refractivity contribution in [3.05, 3.63) is 53.1 Å². The second-order valence-electron chi connectivity index (χ2n) is 5.72. The lowest BCUT2D eigenvalue weighted by molar-refractivity contribution is -0.240. The molecule has 0 saturated heterocycles. The van der Waals surface area contributed by atoms with Crippen molar-refractivity contribution in [1.29, 1.82) is 0 Å². The van der Waals surface area contributed by atoms with E-state index in [1.807, 2.05) is 6.92 Å². The molecule has 2 unspecified atom stereocenters. The number of rotatable bonds is 3. The number of carbonyl (C=O) groups is 1. The average molecular weight is 325 g/mol. The highest BCUT2D eigenvalue weighted by Gasteiger charge is 2.62. The lowest BCUT2D eigenvalue weighted by atomic mass is 9.82. The summed E-state index contributed by atoms with van der Waals surface area (Å²) >= 11 is 0. The third kappa shape index (κ3) is 2.98. The van der Waals surface area contributed by atoms with Crippen LogP contribution in [-0.4, -0.2) is 17.7 Å². The minimum Gasteiger partial charge on any atom is -0.472 e. The van der Waals surface area contributed by atoms with Gasteiger partial charge in [0.2, 0.25) is 11.5 Å². The van der Waals surface area contributed by atoms with Crippen molar-refractivity contribution < 1.29 is 22.7 Å². The summed E-state index contributed by atoms with van der Waals surface area (Å²) in [5.74, 6) is -2.64. The van der Waals surface area contributed by atoms with Gasteiger partial charge in [-0.1, -0.05) is 24.3 Å². The van der Waals surface area contributed by atoms with Crippen LogP contribution in [0.5, 0.6) is 5.75 Å². The quantitative estimate of drug-likeness (QED) is 0.924. The maximum Gasteiger partial charge on any atom is 0.433 e. The Balaban J connectivity index is 2.58. The van der Waals surface area contributed by atoms with Gasteiger partial charge in [-0.05, 0) is 49.6 Å². The summed E-state index contributed by atoms with van der Waals surface area (Å²) in [6, 6.07) is 3.29. The van der Waals surface area contributed by atoms with Gasteiger partial charge >= 0.3 is 6.18 Å². The largest absolute Gasteiger partial charge is 0.472 e. The summed E-state index contributed by atoms with van der Waals surface area (Å²) in [5, 5.41) is 0. The van der Waals surface area contributed by atoms with Crippen LogP contribution >= 0.6 is 0 Å². The summed E-state index contributed by atoms with van der Waals surface area (Å²) in [5.41, 5.74) is 4.68. The van der Waals surface area contributed by atoms with Crippen molar-refractivity contribution >= 4 is 5.91 Å². The maximum atomic E-state index is 13.8. The molecule has 2 N–H and O–H groups in total. The average Bonchev–Trinajstić information content (AvgIpc) is 2.43. The van der Waals surface area contributed by atoms with Crippen LogP contribution in [0.2, 0.25) is 0 Å². The van der Waals surface area contributed by atoms with Gasteiger partial charge in [0.25, 0.3) is 0 Å². The first-order valence-electron chi connectivity index (χ1n) is 7.07. The monoisotopic (exact) mass is 325 g/mol. The first-order valence-corrected chi connectivity index (χ1v) is 7.07. The number of amides is 1. The molecular weight excluding hydrogens is 307 g/mol. The lowest BCUT2D eigenvalue weighted by Gasteiger charge is -2.39. The summed E-state index contributed by atoms with van der Waals surface area (Å²) in [6.45, 7) is 5.30. The van der Waals surface area contributed by atoms with Crippen molar-refractivity contribution in [1.82, 2.24) is 0 Å². The number of primary amides is 1. The number of halogens is 3. The molecule has 0 aromatic heterocycles. The molecule has 1 aliphatic rings. The van der Waals surface area contributed by atoms with E-state index < -0.39 is 23.6 Å². The van der Waals surface area contributed by atoms with Gasteiger partial charge in [0.1, 0.15) is 11.7 Å². The number of ether oxygens (including phenoxy) is 1. The molecule has 1 aromatic rings. The first-order chi connectivity index (χ1) is 10.6. The van der Waals surface area contributed by atoms with Crippen molar-refractivity contribution in [2.24, 2.45) is 11.7 Å². The molecule has 0 saturated carbocycles. The van der Waals surface area contributed by atoms with Crippen molar-refractivity contribution in [2.45, 2.75) is 32.5 Å². The van der Waals surface area contributed by atoms with E-state index in [-0.39, 0.29) is 5.75 Å². The van der Waals surface area contributed by atoms with Crippen LogP contribution in [0.4, 0.5) is 13.2 Å². The molecule has 1 aliphatic carbocycles. The molecule has 1 amide bonds. The first kappa shape index (κ1) is 17.1. The molecule has 3 nitrogen and oxygen atoms in total. The van der Waals surface area contributed by atoms with Crippen LogP contribution in [0.1, 0.15) is 16.7 Å². The number of carbonyl (C=O) groups excluding carboxylic acids is 1. The van der Waals surface area contributed by atoms with Crippen LogP contribution in [-0.2, 0) is 4.79 Å². The van der Waals surface area contributed by atoms with E-state index in [4.69, 9.17) is 10.5 Å². The highest BCUT2D eigenvalue weighted by atomic mass is 19.4. The van der Waals surface area contributed by atoms with E-state index in [9.17, 15) is 18.0 Å². The van der Waals surface area contributed by atoms with Gasteiger partial charge in [-0.25, -0.2) is 0 Å². The molecule has 0 fully saturated rings. The molecule has 2 rings (SSSR count). The number of nitrogens with two attached hydrogens (primary N) is 1. The van der Waals surface area contributed by atoms with E-state index >= 15 is 0 Å². The third-order valence-electron chi connectivity index (χ3n) is 4.04. The Morgan fingerprint density at radius 3 is 2.30 bits per heavy atom. The zero-order valence-electron chi connectivity index (χ0n) is 13.1. The number of hydrogen-bond donors (Lipinski definition) is 1. The smallest absolute Gasteiger partial charge is 0.433 e. The Morgan fingerprint density at radius 2 is 1.74 bits per heavy atom. The molecule has 2 atom stereocenters. The second-order valence-corrected chi connectivity index (χ2v) is 5.72. The molecule has 0 heterocycles. The Morgan fingerprint density at radius 1 is 1.13 bits per heavy atom. The number of aryl methyl sites for hydroxylation is 3. The van der Waals surface area contributed by atoms with Crippen molar-refractivity contribution in [3.63, 3.8) is 0 Å². The number of alkyl halides is 3. The predicted octanol–water partition coefficient (Wildman–Crippen LogP) is 3.52. The molecule has 0 spiro atoms. The highest BCUT2D eigenvalue weighted by molar-refractivity contribution is 5.81. The van der Waals surface area contributed by atoms with Gasteiger partial charge in [-0.15, -0.1) is 0 Å². The Labute approximate surface area is 132 Å².